The van der Waals surface area contributed by atoms with Crippen LogP contribution in [0.25, 0.3) is 22.4 Å². The minimum atomic E-state index is -0.496. The van der Waals surface area contributed by atoms with Gasteiger partial charge in [-0.3, -0.25) is 0 Å². The van der Waals surface area contributed by atoms with Crippen LogP contribution in [0.5, 0.6) is 0 Å². The summed E-state index contributed by atoms with van der Waals surface area (Å²) in [5.74, 6) is -1.04. The van der Waals surface area contributed by atoms with E-state index in [1.165, 1.54) is 24.3 Å². The molecule has 3 nitrogen and oxygen atoms in total. The van der Waals surface area contributed by atoms with Gasteiger partial charge < -0.3 is 10.3 Å². The van der Waals surface area contributed by atoms with Gasteiger partial charge in [-0.05, 0) is 24.3 Å². The highest BCUT2D eigenvalue weighted by Gasteiger charge is 2.22. The normalized spacial score (nSPS) is 10.8. The molecule has 0 atom stereocenters. The van der Waals surface area contributed by atoms with E-state index in [1.807, 2.05) is 0 Å². The first-order valence-corrected chi connectivity index (χ1v) is 6.82. The van der Waals surface area contributed by atoms with Crippen molar-refractivity contribution in [1.82, 2.24) is 5.16 Å². The van der Waals surface area contributed by atoms with E-state index in [-0.39, 0.29) is 28.3 Å². The summed E-state index contributed by atoms with van der Waals surface area (Å²) in [7, 11) is 0. The lowest BCUT2D eigenvalue weighted by Gasteiger charge is -2.05. The maximum atomic E-state index is 14.0. The molecule has 0 radical (unpaired) electrons. The highest BCUT2D eigenvalue weighted by Crippen LogP contribution is 2.38. The fourth-order valence-corrected chi connectivity index (χ4v) is 2.45. The predicted octanol–water partition coefficient (Wildman–Crippen LogP) is 4.63. The van der Waals surface area contributed by atoms with Crippen LogP contribution in [0.15, 0.2) is 51.5 Å². The Balaban J connectivity index is 2.27. The van der Waals surface area contributed by atoms with Gasteiger partial charge in [0, 0.05) is 15.6 Å². The molecule has 3 aromatic rings. The van der Waals surface area contributed by atoms with E-state index in [2.05, 4.69) is 21.1 Å². The molecule has 0 unspecified atom stereocenters. The van der Waals surface area contributed by atoms with Gasteiger partial charge in [-0.15, -0.1) is 0 Å². The van der Waals surface area contributed by atoms with Gasteiger partial charge in [0.1, 0.15) is 17.3 Å². The number of halogens is 3. The molecule has 0 amide bonds. The van der Waals surface area contributed by atoms with Crippen molar-refractivity contribution in [2.45, 2.75) is 0 Å². The van der Waals surface area contributed by atoms with Crippen molar-refractivity contribution in [3.63, 3.8) is 0 Å². The van der Waals surface area contributed by atoms with E-state index in [0.29, 0.717) is 4.47 Å². The third-order valence-electron chi connectivity index (χ3n) is 3.05. The third-order valence-corrected chi connectivity index (χ3v) is 3.54. The third kappa shape index (κ3) is 2.42. The van der Waals surface area contributed by atoms with Crippen LogP contribution in [-0.2, 0) is 0 Å². The Morgan fingerprint density at radius 3 is 2.48 bits per heavy atom. The predicted molar refractivity (Wildman–Crippen MR) is 79.4 cm³/mol. The number of benzene rings is 2. The van der Waals surface area contributed by atoms with Crippen molar-refractivity contribution in [3.8, 4) is 22.4 Å². The monoisotopic (exact) mass is 350 g/mol. The van der Waals surface area contributed by atoms with Gasteiger partial charge in [-0.1, -0.05) is 39.3 Å². The smallest absolute Gasteiger partial charge is 0.230 e. The topological polar surface area (TPSA) is 52.0 Å². The number of aromatic nitrogens is 1. The number of hydrogen-bond donors (Lipinski definition) is 1. The average Bonchev–Trinajstić information content (AvgIpc) is 2.84. The fourth-order valence-electron chi connectivity index (χ4n) is 2.09. The average molecular weight is 351 g/mol. The van der Waals surface area contributed by atoms with Gasteiger partial charge in [0.2, 0.25) is 5.88 Å². The number of anilines is 1. The van der Waals surface area contributed by atoms with Gasteiger partial charge in [0.15, 0.2) is 0 Å². The molecule has 1 aromatic heterocycles. The SMILES string of the molecule is Nc1onc(-c2cc(Br)ccc2F)c1-c1ccccc1F. The number of rotatable bonds is 2. The number of nitrogen functional groups attached to an aromatic ring is 1. The van der Waals surface area contributed by atoms with Gasteiger partial charge >= 0.3 is 0 Å². The maximum absolute atomic E-state index is 14.0. The first kappa shape index (κ1) is 13.8. The molecule has 106 valence electrons. The zero-order chi connectivity index (χ0) is 15.0. The van der Waals surface area contributed by atoms with Crippen molar-refractivity contribution in [1.29, 1.82) is 0 Å². The van der Waals surface area contributed by atoms with Crippen LogP contribution in [-0.4, -0.2) is 5.16 Å². The molecule has 0 fully saturated rings. The van der Waals surface area contributed by atoms with E-state index < -0.39 is 11.6 Å². The van der Waals surface area contributed by atoms with Crippen LogP contribution in [0.1, 0.15) is 0 Å². The highest BCUT2D eigenvalue weighted by molar-refractivity contribution is 9.10. The summed E-state index contributed by atoms with van der Waals surface area (Å²) in [6.07, 6.45) is 0. The summed E-state index contributed by atoms with van der Waals surface area (Å²) < 4.78 is 33.6. The van der Waals surface area contributed by atoms with Crippen molar-refractivity contribution in [3.05, 3.63) is 58.6 Å². The zero-order valence-corrected chi connectivity index (χ0v) is 12.2. The molecule has 0 bridgehead atoms. The summed E-state index contributed by atoms with van der Waals surface area (Å²) in [6.45, 7) is 0. The second-order valence-electron chi connectivity index (χ2n) is 4.37. The molecule has 6 heteroatoms. The van der Waals surface area contributed by atoms with Crippen LogP contribution < -0.4 is 5.73 Å². The van der Waals surface area contributed by atoms with E-state index in [4.69, 9.17) is 10.3 Å². The molecule has 0 saturated carbocycles. The molecule has 2 N–H and O–H groups in total. The van der Waals surface area contributed by atoms with Crippen molar-refractivity contribution in [2.24, 2.45) is 0 Å². The van der Waals surface area contributed by atoms with E-state index in [1.54, 1.807) is 18.2 Å². The van der Waals surface area contributed by atoms with Crippen molar-refractivity contribution < 1.29 is 13.3 Å². The second-order valence-corrected chi connectivity index (χ2v) is 5.29. The standard InChI is InChI=1S/C15H9BrF2N2O/c16-8-5-6-12(18)10(7-8)14-13(15(19)21-20-14)9-3-1-2-4-11(9)17/h1-7H,19H2. The van der Waals surface area contributed by atoms with E-state index in [9.17, 15) is 8.78 Å². The van der Waals surface area contributed by atoms with Crippen LogP contribution in [0, 0.1) is 11.6 Å². The van der Waals surface area contributed by atoms with Crippen molar-refractivity contribution >= 4 is 21.8 Å². The van der Waals surface area contributed by atoms with E-state index in [0.717, 1.165) is 0 Å². The van der Waals surface area contributed by atoms with E-state index >= 15 is 0 Å². The Labute approximate surface area is 127 Å². The van der Waals surface area contributed by atoms with Crippen LogP contribution in [0.4, 0.5) is 14.7 Å². The van der Waals surface area contributed by atoms with Crippen LogP contribution in [0.2, 0.25) is 0 Å². The quantitative estimate of drug-likeness (QED) is 0.732. The maximum Gasteiger partial charge on any atom is 0.230 e. The number of nitrogens with zero attached hydrogens (tertiary/aromatic N) is 1. The summed E-state index contributed by atoms with van der Waals surface area (Å²) in [5.41, 5.74) is 6.54. The Kier molecular flexibility index (Phi) is 3.47. The lowest BCUT2D eigenvalue weighted by atomic mass is 10.0. The first-order chi connectivity index (χ1) is 10.1. The summed E-state index contributed by atoms with van der Waals surface area (Å²) in [4.78, 5) is 0. The lowest BCUT2D eigenvalue weighted by Crippen LogP contribution is -1.92. The van der Waals surface area contributed by atoms with Crippen LogP contribution >= 0.6 is 15.9 Å². The fraction of sp³-hybridized carbons (Fsp3) is 0. The highest BCUT2D eigenvalue weighted by atomic mass is 79.9. The molecule has 0 aliphatic rings. The minimum absolute atomic E-state index is 0.0607. The molecule has 1 heterocycles. The Morgan fingerprint density at radius 1 is 1.00 bits per heavy atom. The van der Waals surface area contributed by atoms with Gasteiger partial charge in [0.05, 0.1) is 5.56 Å². The molecule has 2 aromatic carbocycles. The van der Waals surface area contributed by atoms with Crippen LogP contribution in [0.3, 0.4) is 0 Å². The van der Waals surface area contributed by atoms with Crippen molar-refractivity contribution in [2.75, 3.05) is 5.73 Å². The molecular formula is C15H9BrF2N2O. The van der Waals surface area contributed by atoms with Gasteiger partial charge in [-0.25, -0.2) is 8.78 Å². The summed E-state index contributed by atoms with van der Waals surface area (Å²) in [5, 5.41) is 3.78. The zero-order valence-electron chi connectivity index (χ0n) is 10.6. The Hall–Kier alpha value is -2.21. The second kappa shape index (κ2) is 5.29. The molecular weight excluding hydrogens is 342 g/mol. The Morgan fingerprint density at radius 2 is 1.71 bits per heavy atom. The largest absolute Gasteiger partial charge is 0.367 e. The minimum Gasteiger partial charge on any atom is -0.367 e. The van der Waals surface area contributed by atoms with Gasteiger partial charge in [0.25, 0.3) is 0 Å². The molecule has 0 spiro atoms. The summed E-state index contributed by atoms with van der Waals surface area (Å²) in [6, 6.07) is 10.4. The number of hydrogen-bond acceptors (Lipinski definition) is 3. The molecule has 3 rings (SSSR count). The molecule has 0 aliphatic heterocycles. The summed E-state index contributed by atoms with van der Waals surface area (Å²) >= 11 is 3.27. The molecule has 0 aliphatic carbocycles. The molecule has 0 saturated heterocycles. The lowest BCUT2D eigenvalue weighted by molar-refractivity contribution is 0.439. The first-order valence-electron chi connectivity index (χ1n) is 6.03. The Bertz CT molecular complexity index is 817. The van der Waals surface area contributed by atoms with Gasteiger partial charge in [-0.2, -0.15) is 0 Å². The number of nitrogens with two attached hydrogens (primary N) is 1. The molecule has 21 heavy (non-hydrogen) atoms.